The third-order valence-electron chi connectivity index (χ3n) is 3.42. The number of hydrogen-bond donors (Lipinski definition) is 1. The predicted molar refractivity (Wildman–Crippen MR) is 84.2 cm³/mol. The van der Waals surface area contributed by atoms with Crippen molar-refractivity contribution in [2.24, 2.45) is 0 Å². The normalized spacial score (nSPS) is 16.9. The van der Waals surface area contributed by atoms with Crippen molar-refractivity contribution in [2.45, 2.75) is 52.9 Å². The number of nitrogens with one attached hydrogen (secondary N) is 1. The molecular formula is C17H27NO3. The Balaban J connectivity index is 1.96. The van der Waals surface area contributed by atoms with E-state index < -0.39 is 0 Å². The fourth-order valence-electron chi connectivity index (χ4n) is 2.50. The lowest BCUT2D eigenvalue weighted by Gasteiger charge is -2.14. The molecule has 1 heterocycles. The average molecular weight is 293 g/mol. The Hall–Kier alpha value is -1.26. The van der Waals surface area contributed by atoms with Gasteiger partial charge in [-0.25, -0.2) is 0 Å². The van der Waals surface area contributed by atoms with Gasteiger partial charge in [0.15, 0.2) is 0 Å². The van der Waals surface area contributed by atoms with Crippen molar-refractivity contribution < 1.29 is 14.2 Å². The summed E-state index contributed by atoms with van der Waals surface area (Å²) in [5, 5.41) is 3.40. The molecule has 0 bridgehead atoms. The molecule has 1 aliphatic rings. The Labute approximate surface area is 127 Å². The van der Waals surface area contributed by atoms with Crippen LogP contribution in [0.4, 0.5) is 0 Å². The summed E-state index contributed by atoms with van der Waals surface area (Å²) in [6, 6.07) is 4.24. The van der Waals surface area contributed by atoms with E-state index in [4.69, 9.17) is 14.2 Å². The molecule has 1 N–H and O–H groups in total. The largest absolute Gasteiger partial charge is 0.494 e. The lowest BCUT2D eigenvalue weighted by molar-refractivity contribution is 0.0806. The SMILES string of the molecule is CCOc1cc2c(cc1CNCCOC(C)C)OC(C)C2. The molecule has 0 saturated heterocycles. The van der Waals surface area contributed by atoms with Crippen LogP contribution in [0.3, 0.4) is 0 Å². The van der Waals surface area contributed by atoms with E-state index in [1.165, 1.54) is 5.56 Å². The molecule has 0 aromatic heterocycles. The van der Waals surface area contributed by atoms with Gasteiger partial charge in [-0.05, 0) is 39.8 Å². The highest BCUT2D eigenvalue weighted by Gasteiger charge is 2.21. The third-order valence-corrected chi connectivity index (χ3v) is 3.42. The van der Waals surface area contributed by atoms with Crippen molar-refractivity contribution in [1.29, 1.82) is 0 Å². The van der Waals surface area contributed by atoms with Crippen molar-refractivity contribution in [3.8, 4) is 11.5 Å². The number of fused-ring (bicyclic) bond motifs is 1. The molecule has 0 spiro atoms. The summed E-state index contributed by atoms with van der Waals surface area (Å²) in [7, 11) is 0. The second-order valence-electron chi connectivity index (χ2n) is 5.73. The van der Waals surface area contributed by atoms with Crippen LogP contribution in [0.5, 0.6) is 11.5 Å². The van der Waals surface area contributed by atoms with Crippen molar-refractivity contribution in [3.63, 3.8) is 0 Å². The molecule has 1 atom stereocenters. The number of benzene rings is 1. The first kappa shape index (κ1) is 16.1. The molecule has 1 aliphatic heterocycles. The maximum absolute atomic E-state index is 5.83. The summed E-state index contributed by atoms with van der Waals surface area (Å²) < 4.78 is 17.1. The van der Waals surface area contributed by atoms with Gasteiger partial charge in [0.2, 0.25) is 0 Å². The monoisotopic (exact) mass is 293 g/mol. The second-order valence-corrected chi connectivity index (χ2v) is 5.73. The fourth-order valence-corrected chi connectivity index (χ4v) is 2.50. The molecule has 1 aromatic carbocycles. The summed E-state index contributed by atoms with van der Waals surface area (Å²) in [6.07, 6.45) is 1.50. The topological polar surface area (TPSA) is 39.7 Å². The van der Waals surface area contributed by atoms with Crippen LogP contribution in [0.1, 0.15) is 38.8 Å². The number of rotatable bonds is 8. The Kier molecular flexibility index (Phi) is 5.88. The minimum atomic E-state index is 0.261. The van der Waals surface area contributed by atoms with Gasteiger partial charge >= 0.3 is 0 Å². The molecule has 21 heavy (non-hydrogen) atoms. The van der Waals surface area contributed by atoms with Crippen LogP contribution in [0.25, 0.3) is 0 Å². The van der Waals surface area contributed by atoms with Crippen molar-refractivity contribution in [1.82, 2.24) is 5.32 Å². The molecule has 4 nitrogen and oxygen atoms in total. The van der Waals surface area contributed by atoms with Gasteiger partial charge in [0.1, 0.15) is 17.6 Å². The van der Waals surface area contributed by atoms with E-state index >= 15 is 0 Å². The molecule has 1 unspecified atom stereocenters. The van der Waals surface area contributed by atoms with Gasteiger partial charge in [0, 0.05) is 30.6 Å². The highest BCUT2D eigenvalue weighted by atomic mass is 16.5. The van der Waals surface area contributed by atoms with Gasteiger partial charge in [-0.3, -0.25) is 0 Å². The Morgan fingerprint density at radius 1 is 1.38 bits per heavy atom. The van der Waals surface area contributed by atoms with Crippen LogP contribution in [0.2, 0.25) is 0 Å². The van der Waals surface area contributed by atoms with E-state index in [0.717, 1.165) is 43.2 Å². The van der Waals surface area contributed by atoms with Crippen LogP contribution < -0.4 is 14.8 Å². The molecular weight excluding hydrogens is 266 g/mol. The third kappa shape index (κ3) is 4.61. The molecule has 118 valence electrons. The zero-order valence-electron chi connectivity index (χ0n) is 13.6. The predicted octanol–water partition coefficient (Wildman–Crippen LogP) is 2.92. The lowest BCUT2D eigenvalue weighted by atomic mass is 10.1. The first-order valence-electron chi connectivity index (χ1n) is 7.87. The van der Waals surface area contributed by atoms with Crippen molar-refractivity contribution >= 4 is 0 Å². The number of hydrogen-bond acceptors (Lipinski definition) is 4. The van der Waals surface area contributed by atoms with Gasteiger partial charge in [-0.1, -0.05) is 0 Å². The second kappa shape index (κ2) is 7.66. The molecule has 2 rings (SSSR count). The molecule has 0 radical (unpaired) electrons. The van der Waals surface area contributed by atoms with E-state index in [9.17, 15) is 0 Å². The standard InChI is InChI=1S/C17H27NO3/c1-5-19-16-9-14-8-13(4)21-17(14)10-15(16)11-18-6-7-20-12(2)3/h9-10,12-13,18H,5-8,11H2,1-4H3. The average Bonchev–Trinajstić information content (AvgIpc) is 2.77. The summed E-state index contributed by atoms with van der Waals surface area (Å²) >= 11 is 0. The van der Waals surface area contributed by atoms with Gasteiger partial charge < -0.3 is 19.5 Å². The zero-order valence-corrected chi connectivity index (χ0v) is 13.6. The van der Waals surface area contributed by atoms with Crippen molar-refractivity contribution in [3.05, 3.63) is 23.3 Å². The number of ether oxygens (including phenoxy) is 3. The van der Waals surface area contributed by atoms with Gasteiger partial charge in [0.25, 0.3) is 0 Å². The highest BCUT2D eigenvalue weighted by Crippen LogP contribution is 2.35. The summed E-state index contributed by atoms with van der Waals surface area (Å²) in [5.74, 6) is 1.97. The van der Waals surface area contributed by atoms with Crippen LogP contribution in [-0.4, -0.2) is 32.0 Å². The van der Waals surface area contributed by atoms with Crippen LogP contribution >= 0.6 is 0 Å². The van der Waals surface area contributed by atoms with E-state index in [1.807, 2.05) is 20.8 Å². The molecule has 0 fully saturated rings. The van der Waals surface area contributed by atoms with Gasteiger partial charge in [-0.15, -0.1) is 0 Å². The van der Waals surface area contributed by atoms with E-state index in [-0.39, 0.29) is 12.2 Å². The van der Waals surface area contributed by atoms with Crippen LogP contribution in [-0.2, 0) is 17.7 Å². The summed E-state index contributed by atoms with van der Waals surface area (Å²) in [4.78, 5) is 0. The summed E-state index contributed by atoms with van der Waals surface area (Å²) in [5.41, 5.74) is 2.40. The Morgan fingerprint density at radius 3 is 2.90 bits per heavy atom. The smallest absolute Gasteiger partial charge is 0.124 e. The van der Waals surface area contributed by atoms with E-state index in [0.29, 0.717) is 6.61 Å². The van der Waals surface area contributed by atoms with Crippen LogP contribution in [0.15, 0.2) is 12.1 Å². The molecule has 0 amide bonds. The fraction of sp³-hybridized carbons (Fsp3) is 0.647. The minimum absolute atomic E-state index is 0.261. The van der Waals surface area contributed by atoms with Gasteiger partial charge in [0.05, 0.1) is 19.3 Å². The highest BCUT2D eigenvalue weighted by molar-refractivity contribution is 5.48. The molecule has 0 saturated carbocycles. The first-order valence-corrected chi connectivity index (χ1v) is 7.87. The molecule has 1 aromatic rings. The lowest BCUT2D eigenvalue weighted by Crippen LogP contribution is -2.21. The molecule has 4 heteroatoms. The molecule has 0 aliphatic carbocycles. The van der Waals surface area contributed by atoms with Crippen LogP contribution in [0, 0.1) is 0 Å². The minimum Gasteiger partial charge on any atom is -0.494 e. The zero-order chi connectivity index (χ0) is 15.2. The van der Waals surface area contributed by atoms with Crippen molar-refractivity contribution in [2.75, 3.05) is 19.8 Å². The maximum Gasteiger partial charge on any atom is 0.124 e. The Bertz CT molecular complexity index is 460. The van der Waals surface area contributed by atoms with Gasteiger partial charge in [-0.2, -0.15) is 0 Å². The quantitative estimate of drug-likeness (QED) is 0.748. The first-order chi connectivity index (χ1) is 10.1. The van der Waals surface area contributed by atoms with E-state index in [1.54, 1.807) is 0 Å². The Morgan fingerprint density at radius 2 is 2.19 bits per heavy atom. The summed E-state index contributed by atoms with van der Waals surface area (Å²) in [6.45, 7) is 11.2. The maximum atomic E-state index is 5.83. The van der Waals surface area contributed by atoms with E-state index in [2.05, 4.69) is 24.4 Å².